The summed E-state index contributed by atoms with van der Waals surface area (Å²) in [5.74, 6) is 1.82. The van der Waals surface area contributed by atoms with Gasteiger partial charge in [0.2, 0.25) is 5.89 Å². The molecule has 3 aromatic carbocycles. The van der Waals surface area contributed by atoms with Gasteiger partial charge in [0.05, 0.1) is 12.7 Å². The predicted molar refractivity (Wildman–Crippen MR) is 150 cm³/mol. The number of nitrogens with one attached hydrogen (secondary N) is 2. The highest BCUT2D eigenvalue weighted by molar-refractivity contribution is 5.97. The Hall–Kier alpha value is -4.00. The summed E-state index contributed by atoms with van der Waals surface area (Å²) in [5.41, 5.74) is 4.18. The monoisotopic (exact) mass is 502 g/mol. The third-order valence-corrected chi connectivity index (χ3v) is 6.10. The SMILES string of the molecule is CCC(C)Cc1ccccc1.CCC(CF)Oc1ccc2nc(-c3ccc(N(C=N)C=N)cc3)oc2c1. The molecular formula is C30H35FN4O2. The van der Waals surface area contributed by atoms with Gasteiger partial charge in [0, 0.05) is 17.3 Å². The number of hydrogen-bond donors (Lipinski definition) is 2. The van der Waals surface area contributed by atoms with Crippen molar-refractivity contribution < 1.29 is 13.5 Å². The van der Waals surface area contributed by atoms with Crippen molar-refractivity contribution >= 4 is 29.5 Å². The van der Waals surface area contributed by atoms with Gasteiger partial charge in [0.15, 0.2) is 5.58 Å². The van der Waals surface area contributed by atoms with E-state index in [2.05, 4.69) is 49.2 Å². The second-order valence-electron chi connectivity index (χ2n) is 8.87. The number of nitrogens with zero attached hydrogens (tertiary/aromatic N) is 2. The number of benzene rings is 3. The van der Waals surface area contributed by atoms with E-state index in [1.807, 2.05) is 19.1 Å². The van der Waals surface area contributed by atoms with Crippen molar-refractivity contribution in [2.24, 2.45) is 5.92 Å². The smallest absolute Gasteiger partial charge is 0.227 e. The van der Waals surface area contributed by atoms with Gasteiger partial charge < -0.3 is 9.15 Å². The average Bonchev–Trinajstić information content (AvgIpc) is 3.37. The zero-order chi connectivity index (χ0) is 26.6. The van der Waals surface area contributed by atoms with Gasteiger partial charge in [-0.3, -0.25) is 15.7 Å². The van der Waals surface area contributed by atoms with E-state index in [-0.39, 0.29) is 0 Å². The van der Waals surface area contributed by atoms with Gasteiger partial charge >= 0.3 is 0 Å². The number of aromatic nitrogens is 1. The van der Waals surface area contributed by atoms with E-state index >= 15 is 0 Å². The molecule has 0 fully saturated rings. The van der Waals surface area contributed by atoms with Crippen LogP contribution in [0.25, 0.3) is 22.6 Å². The molecule has 2 N–H and O–H groups in total. The largest absolute Gasteiger partial charge is 0.488 e. The number of ether oxygens (including phenoxy) is 1. The number of alkyl halides is 1. The molecule has 1 heterocycles. The van der Waals surface area contributed by atoms with Crippen LogP contribution in [0.15, 0.2) is 77.2 Å². The molecule has 2 atom stereocenters. The molecule has 7 heteroatoms. The van der Waals surface area contributed by atoms with Crippen molar-refractivity contribution in [2.75, 3.05) is 11.6 Å². The highest BCUT2D eigenvalue weighted by atomic mass is 19.1. The van der Waals surface area contributed by atoms with Crippen molar-refractivity contribution in [3.05, 3.63) is 78.4 Å². The first-order valence-corrected chi connectivity index (χ1v) is 12.6. The summed E-state index contributed by atoms with van der Waals surface area (Å²) < 4.78 is 24.2. The molecule has 0 radical (unpaired) electrons. The summed E-state index contributed by atoms with van der Waals surface area (Å²) in [6.07, 6.45) is 4.73. The maximum absolute atomic E-state index is 12.8. The highest BCUT2D eigenvalue weighted by Gasteiger charge is 2.12. The molecule has 0 aliphatic heterocycles. The topological polar surface area (TPSA) is 86.2 Å². The highest BCUT2D eigenvalue weighted by Crippen LogP contribution is 2.28. The summed E-state index contributed by atoms with van der Waals surface area (Å²) in [6.45, 7) is 5.88. The lowest BCUT2D eigenvalue weighted by Gasteiger charge is -2.13. The van der Waals surface area contributed by atoms with Gasteiger partial charge in [0.1, 0.15) is 24.0 Å². The van der Waals surface area contributed by atoms with Gasteiger partial charge in [0.25, 0.3) is 0 Å². The molecule has 4 rings (SSSR count). The van der Waals surface area contributed by atoms with E-state index in [0.29, 0.717) is 34.8 Å². The van der Waals surface area contributed by atoms with Crippen LogP contribution in [-0.4, -0.2) is 30.4 Å². The number of halogens is 1. The van der Waals surface area contributed by atoms with Gasteiger partial charge in [-0.15, -0.1) is 0 Å². The van der Waals surface area contributed by atoms with Crippen LogP contribution in [0.1, 0.15) is 39.2 Å². The van der Waals surface area contributed by atoms with Crippen molar-refractivity contribution in [3.8, 4) is 17.2 Å². The molecule has 0 amide bonds. The molecule has 0 aliphatic carbocycles. The van der Waals surface area contributed by atoms with Gasteiger partial charge in [-0.2, -0.15) is 0 Å². The van der Waals surface area contributed by atoms with Gasteiger partial charge in [-0.05, 0) is 60.7 Å². The summed E-state index contributed by atoms with van der Waals surface area (Å²) in [5, 5.41) is 14.5. The first-order valence-electron chi connectivity index (χ1n) is 12.6. The van der Waals surface area contributed by atoms with Crippen LogP contribution in [-0.2, 0) is 6.42 Å². The van der Waals surface area contributed by atoms with Gasteiger partial charge in [-0.25, -0.2) is 9.37 Å². The van der Waals surface area contributed by atoms with E-state index in [9.17, 15) is 4.39 Å². The van der Waals surface area contributed by atoms with E-state index in [0.717, 1.165) is 24.2 Å². The number of anilines is 1. The van der Waals surface area contributed by atoms with Crippen LogP contribution in [0.2, 0.25) is 0 Å². The van der Waals surface area contributed by atoms with Crippen LogP contribution in [0.5, 0.6) is 5.75 Å². The molecule has 0 aliphatic rings. The lowest BCUT2D eigenvalue weighted by atomic mass is 9.99. The lowest BCUT2D eigenvalue weighted by Crippen LogP contribution is -2.17. The Morgan fingerprint density at radius 3 is 2.27 bits per heavy atom. The third kappa shape index (κ3) is 7.74. The molecule has 1 aromatic heterocycles. The normalized spacial score (nSPS) is 12.2. The minimum absolute atomic E-state index is 0.456. The minimum atomic E-state index is -0.537. The van der Waals surface area contributed by atoms with Crippen molar-refractivity contribution in [2.45, 2.75) is 46.1 Å². The van der Waals surface area contributed by atoms with Crippen LogP contribution in [0.3, 0.4) is 0 Å². The molecule has 194 valence electrons. The maximum atomic E-state index is 12.8. The summed E-state index contributed by atoms with van der Waals surface area (Å²) in [7, 11) is 0. The summed E-state index contributed by atoms with van der Waals surface area (Å²) in [6, 6.07) is 23.1. The molecule has 0 saturated carbocycles. The Balaban J connectivity index is 0.000000289. The Morgan fingerprint density at radius 1 is 0.973 bits per heavy atom. The molecule has 0 bridgehead atoms. The number of rotatable bonds is 11. The number of oxazole rings is 1. The quantitative estimate of drug-likeness (QED) is 0.161. The Morgan fingerprint density at radius 2 is 1.68 bits per heavy atom. The van der Waals surface area contributed by atoms with Crippen molar-refractivity contribution in [1.82, 2.24) is 4.98 Å². The fraction of sp³-hybridized carbons (Fsp3) is 0.300. The Kier molecular flexibility index (Phi) is 10.4. The predicted octanol–water partition coefficient (Wildman–Crippen LogP) is 7.92. The molecule has 2 unspecified atom stereocenters. The molecule has 6 nitrogen and oxygen atoms in total. The fourth-order valence-corrected chi connectivity index (χ4v) is 3.64. The molecular weight excluding hydrogens is 467 g/mol. The van der Waals surface area contributed by atoms with Crippen LogP contribution in [0.4, 0.5) is 10.1 Å². The standard InChI is InChI=1S/C19H19FN4O2.C11H16/c1-2-15(10-20)25-16-7-8-17-18(9-16)26-19(23-17)13-3-5-14(6-4-13)24(11-21)12-22;1-3-10(2)9-11-7-5-4-6-8-11/h3-9,11-12,15,21-22H,2,10H2,1H3;4-8,10H,3,9H2,1-2H3. The first-order chi connectivity index (χ1) is 18.0. The molecule has 0 spiro atoms. The minimum Gasteiger partial charge on any atom is -0.488 e. The summed E-state index contributed by atoms with van der Waals surface area (Å²) in [4.78, 5) is 5.83. The second kappa shape index (κ2) is 13.9. The Bertz CT molecular complexity index is 1250. The van der Waals surface area contributed by atoms with Crippen LogP contribution < -0.4 is 9.64 Å². The number of fused-ring (bicyclic) bond motifs is 1. The maximum Gasteiger partial charge on any atom is 0.227 e. The van der Waals surface area contributed by atoms with Crippen LogP contribution >= 0.6 is 0 Å². The van der Waals surface area contributed by atoms with Gasteiger partial charge in [-0.1, -0.05) is 57.5 Å². The first kappa shape index (κ1) is 27.6. The zero-order valence-electron chi connectivity index (χ0n) is 21.7. The van der Waals surface area contributed by atoms with E-state index in [1.165, 1.54) is 23.3 Å². The van der Waals surface area contributed by atoms with Crippen molar-refractivity contribution in [3.63, 3.8) is 0 Å². The fourth-order valence-electron chi connectivity index (χ4n) is 3.64. The average molecular weight is 503 g/mol. The Labute approximate surface area is 218 Å². The third-order valence-electron chi connectivity index (χ3n) is 6.10. The molecule has 4 aromatic rings. The van der Waals surface area contributed by atoms with E-state index in [4.69, 9.17) is 20.0 Å². The van der Waals surface area contributed by atoms with Crippen molar-refractivity contribution in [1.29, 1.82) is 10.8 Å². The van der Waals surface area contributed by atoms with E-state index < -0.39 is 12.8 Å². The number of hydrogen-bond acceptors (Lipinski definition) is 5. The lowest BCUT2D eigenvalue weighted by molar-refractivity contribution is 0.160. The van der Waals surface area contributed by atoms with E-state index in [1.54, 1.807) is 30.3 Å². The van der Waals surface area contributed by atoms with Crippen LogP contribution in [0, 0.1) is 16.7 Å². The second-order valence-corrected chi connectivity index (χ2v) is 8.87. The molecule has 37 heavy (non-hydrogen) atoms. The summed E-state index contributed by atoms with van der Waals surface area (Å²) >= 11 is 0. The molecule has 0 saturated heterocycles. The zero-order valence-corrected chi connectivity index (χ0v) is 21.7.